The van der Waals surface area contributed by atoms with E-state index in [1.54, 1.807) is 19.1 Å². The van der Waals surface area contributed by atoms with Gasteiger partial charge in [-0.1, -0.05) is 34.8 Å². The smallest absolute Gasteiger partial charge is 0.264 e. The number of hydrogen-bond donors (Lipinski definition) is 0. The van der Waals surface area contributed by atoms with Crippen LogP contribution in [0.25, 0.3) is 0 Å². The molecule has 3 rings (SSSR count). The molecule has 10 heteroatoms. The number of nitrogens with zero attached hydrogens (tertiary/aromatic N) is 3. The Morgan fingerprint density at radius 1 is 1.27 bits per heavy atom. The summed E-state index contributed by atoms with van der Waals surface area (Å²) in [6, 6.07) is 5.22. The number of rotatable bonds is 4. The Morgan fingerprint density at radius 3 is 2.65 bits per heavy atom. The number of halogens is 3. The summed E-state index contributed by atoms with van der Waals surface area (Å²) in [7, 11) is -3.56. The van der Waals surface area contributed by atoms with Gasteiger partial charge in [-0.15, -0.1) is 0 Å². The van der Waals surface area contributed by atoms with Gasteiger partial charge in [-0.3, -0.25) is 4.18 Å². The average molecular weight is 437 g/mol. The number of benzene rings is 1. The lowest BCUT2D eigenvalue weighted by atomic mass is 9.93. The van der Waals surface area contributed by atoms with E-state index in [2.05, 4.69) is 9.97 Å². The van der Waals surface area contributed by atoms with Crippen LogP contribution in [-0.4, -0.2) is 37.8 Å². The maximum absolute atomic E-state index is 11.4. The van der Waals surface area contributed by atoms with E-state index >= 15 is 0 Å². The van der Waals surface area contributed by atoms with Gasteiger partial charge in [0.1, 0.15) is 16.8 Å². The zero-order valence-electron chi connectivity index (χ0n) is 14.0. The Morgan fingerprint density at radius 2 is 2.00 bits per heavy atom. The second kappa shape index (κ2) is 7.48. The molecule has 0 fully saturated rings. The lowest BCUT2D eigenvalue weighted by Crippen LogP contribution is -2.31. The Hall–Kier alpha value is -1.12. The van der Waals surface area contributed by atoms with Gasteiger partial charge in [-0.25, -0.2) is 9.97 Å². The number of hydrogen-bond acceptors (Lipinski definition) is 6. The summed E-state index contributed by atoms with van der Waals surface area (Å²) >= 11 is 18.7. The molecule has 2 aromatic rings. The molecule has 1 aliphatic heterocycles. The minimum absolute atomic E-state index is 0.0137. The van der Waals surface area contributed by atoms with Gasteiger partial charge in [-0.05, 0) is 31.5 Å². The predicted octanol–water partition coefficient (Wildman–Crippen LogP) is 4.35. The fourth-order valence-corrected chi connectivity index (χ4v) is 4.22. The highest BCUT2D eigenvalue weighted by Crippen LogP contribution is 2.43. The molecule has 1 aromatic carbocycles. The van der Waals surface area contributed by atoms with Crippen molar-refractivity contribution < 1.29 is 12.6 Å². The molecule has 0 N–H and O–H groups in total. The quantitative estimate of drug-likeness (QED) is 0.524. The molecule has 1 aliphatic rings. The summed E-state index contributed by atoms with van der Waals surface area (Å²) in [6.07, 6.45) is 1.62. The monoisotopic (exact) mass is 435 g/mol. The molecule has 26 heavy (non-hydrogen) atoms. The molecule has 140 valence electrons. The average Bonchev–Trinajstić information content (AvgIpc) is 2.52. The molecule has 0 saturated heterocycles. The second-order valence-electron chi connectivity index (χ2n) is 6.02. The molecule has 1 atom stereocenters. The van der Waals surface area contributed by atoms with Gasteiger partial charge in [0.25, 0.3) is 10.1 Å². The SMILES string of the molecule is Cc1nc(Cl)c2c(n1)N(c1ccc(Cl)cc1Cl)CCC2COS(C)(=O)=O. The van der Waals surface area contributed by atoms with E-state index in [1.807, 2.05) is 11.0 Å². The molecule has 0 radical (unpaired) electrons. The van der Waals surface area contributed by atoms with E-state index in [9.17, 15) is 8.42 Å². The molecule has 0 aliphatic carbocycles. The summed E-state index contributed by atoms with van der Waals surface area (Å²) in [5, 5.41) is 1.30. The van der Waals surface area contributed by atoms with E-state index in [4.69, 9.17) is 39.0 Å². The Balaban J connectivity index is 2.06. The minimum atomic E-state index is -3.56. The van der Waals surface area contributed by atoms with Crippen molar-refractivity contribution in [2.24, 2.45) is 0 Å². The van der Waals surface area contributed by atoms with E-state index in [-0.39, 0.29) is 17.7 Å². The number of anilines is 2. The molecule has 0 saturated carbocycles. The van der Waals surface area contributed by atoms with Crippen LogP contribution in [0.3, 0.4) is 0 Å². The van der Waals surface area contributed by atoms with Crippen molar-refractivity contribution in [2.75, 3.05) is 24.3 Å². The maximum atomic E-state index is 11.4. The first kappa shape index (κ1) is 19.6. The molecule has 1 unspecified atom stereocenters. The summed E-state index contributed by atoms with van der Waals surface area (Å²) < 4.78 is 27.7. The van der Waals surface area contributed by atoms with Gasteiger partial charge < -0.3 is 4.90 Å². The molecule has 1 aromatic heterocycles. The fraction of sp³-hybridized carbons (Fsp3) is 0.375. The first-order chi connectivity index (χ1) is 12.2. The number of aromatic nitrogens is 2. The standard InChI is InChI=1S/C16H16Cl3N3O3S/c1-9-20-15(19)14-10(8-25-26(2,23)24)5-6-22(16(14)21-9)13-4-3-11(17)7-12(13)18/h3-4,7,10H,5-6,8H2,1-2H3. The zero-order chi connectivity index (χ0) is 19.1. The third-order valence-electron chi connectivity index (χ3n) is 4.04. The minimum Gasteiger partial charge on any atom is -0.325 e. The third-order valence-corrected chi connectivity index (χ3v) is 5.43. The highest BCUT2D eigenvalue weighted by Gasteiger charge is 2.32. The van der Waals surface area contributed by atoms with Gasteiger partial charge in [-0.2, -0.15) is 8.42 Å². The zero-order valence-corrected chi connectivity index (χ0v) is 17.1. The molecule has 0 amide bonds. The Bertz CT molecular complexity index is 953. The topological polar surface area (TPSA) is 72.4 Å². The molecule has 6 nitrogen and oxygen atoms in total. The van der Waals surface area contributed by atoms with Crippen LogP contribution in [0.4, 0.5) is 11.5 Å². The van der Waals surface area contributed by atoms with Gasteiger partial charge >= 0.3 is 0 Å². The maximum Gasteiger partial charge on any atom is 0.264 e. The van der Waals surface area contributed by atoms with Crippen LogP contribution < -0.4 is 4.90 Å². The van der Waals surface area contributed by atoms with Crippen molar-refractivity contribution in [3.63, 3.8) is 0 Å². The largest absolute Gasteiger partial charge is 0.325 e. The summed E-state index contributed by atoms with van der Waals surface area (Å²) in [5.41, 5.74) is 1.40. The van der Waals surface area contributed by atoms with Crippen LogP contribution in [-0.2, 0) is 14.3 Å². The molecule has 0 bridgehead atoms. The van der Waals surface area contributed by atoms with Crippen LogP contribution in [0.1, 0.15) is 23.7 Å². The van der Waals surface area contributed by atoms with Crippen LogP contribution >= 0.6 is 34.8 Å². The van der Waals surface area contributed by atoms with Crippen molar-refractivity contribution in [2.45, 2.75) is 19.3 Å². The Labute approximate surface area is 167 Å². The normalized spacial score (nSPS) is 17.3. The lowest BCUT2D eigenvalue weighted by molar-refractivity contribution is 0.286. The molecular weight excluding hydrogens is 421 g/mol. The van der Waals surface area contributed by atoms with Crippen LogP contribution in [0.5, 0.6) is 0 Å². The van der Waals surface area contributed by atoms with Crippen LogP contribution in [0.15, 0.2) is 18.2 Å². The van der Waals surface area contributed by atoms with E-state index < -0.39 is 10.1 Å². The summed E-state index contributed by atoms with van der Waals surface area (Å²) in [4.78, 5) is 10.7. The van der Waals surface area contributed by atoms with Crippen molar-refractivity contribution in [1.29, 1.82) is 0 Å². The molecular formula is C16H16Cl3N3O3S. The fourth-order valence-electron chi connectivity index (χ4n) is 2.93. The molecule has 0 spiro atoms. The predicted molar refractivity (Wildman–Crippen MR) is 103 cm³/mol. The van der Waals surface area contributed by atoms with Crippen LogP contribution in [0, 0.1) is 6.92 Å². The van der Waals surface area contributed by atoms with Crippen molar-refractivity contribution in [3.05, 3.63) is 44.8 Å². The highest BCUT2D eigenvalue weighted by atomic mass is 35.5. The molecule has 2 heterocycles. The van der Waals surface area contributed by atoms with Gasteiger partial charge in [0.2, 0.25) is 0 Å². The second-order valence-corrected chi connectivity index (χ2v) is 8.87. The van der Waals surface area contributed by atoms with E-state index in [0.717, 1.165) is 11.9 Å². The first-order valence-corrected chi connectivity index (χ1v) is 10.7. The van der Waals surface area contributed by atoms with Gasteiger partial charge in [0.15, 0.2) is 0 Å². The van der Waals surface area contributed by atoms with Crippen molar-refractivity contribution in [3.8, 4) is 0 Å². The van der Waals surface area contributed by atoms with Gasteiger partial charge in [0.05, 0.1) is 23.6 Å². The van der Waals surface area contributed by atoms with E-state index in [0.29, 0.717) is 40.2 Å². The first-order valence-electron chi connectivity index (χ1n) is 7.76. The van der Waals surface area contributed by atoms with Crippen molar-refractivity contribution >= 4 is 56.4 Å². The van der Waals surface area contributed by atoms with Gasteiger partial charge in [0, 0.05) is 23.0 Å². The third kappa shape index (κ3) is 4.23. The Kier molecular flexibility index (Phi) is 5.65. The summed E-state index contributed by atoms with van der Waals surface area (Å²) in [6.45, 7) is 2.30. The number of fused-ring (bicyclic) bond motifs is 1. The van der Waals surface area contributed by atoms with Crippen LogP contribution in [0.2, 0.25) is 15.2 Å². The highest BCUT2D eigenvalue weighted by molar-refractivity contribution is 7.85. The number of aryl methyl sites for hydroxylation is 1. The van der Waals surface area contributed by atoms with Crippen molar-refractivity contribution in [1.82, 2.24) is 9.97 Å². The lowest BCUT2D eigenvalue weighted by Gasteiger charge is -2.35. The summed E-state index contributed by atoms with van der Waals surface area (Å²) in [5.74, 6) is 0.865. The van der Waals surface area contributed by atoms with E-state index in [1.165, 1.54) is 0 Å².